The summed E-state index contributed by atoms with van der Waals surface area (Å²) in [4.78, 5) is 7.66. The minimum atomic E-state index is -1.16. The molecule has 7 heteroatoms. The van der Waals surface area contributed by atoms with Crippen molar-refractivity contribution in [1.82, 2.24) is 9.97 Å². The second kappa shape index (κ2) is 6.23. The lowest BCUT2D eigenvalue weighted by molar-refractivity contribution is 0.170. The van der Waals surface area contributed by atoms with Crippen LogP contribution in [0.25, 0.3) is 0 Å². The Morgan fingerprint density at radius 3 is 2.80 bits per heavy atom. The molecule has 0 radical (unpaired) electrons. The molecule has 2 aromatic rings. The van der Waals surface area contributed by atoms with Gasteiger partial charge in [-0.25, -0.2) is 18.7 Å². The average molecular weight is 345 g/mol. The number of halogens is 3. The van der Waals surface area contributed by atoms with Gasteiger partial charge in [-0.05, 0) is 28.1 Å². The predicted octanol–water partition coefficient (Wildman–Crippen LogP) is 2.80. The highest BCUT2D eigenvalue weighted by molar-refractivity contribution is 9.10. The fourth-order valence-electron chi connectivity index (χ4n) is 1.70. The summed E-state index contributed by atoms with van der Waals surface area (Å²) in [5, 5.41) is 10.0. The van der Waals surface area contributed by atoms with Crippen LogP contribution in [-0.4, -0.2) is 22.2 Å². The maximum Gasteiger partial charge on any atom is 0.216 e. The van der Waals surface area contributed by atoms with Gasteiger partial charge in [0.2, 0.25) is 5.88 Å². The molecule has 1 unspecified atom stereocenters. The molecule has 1 N–H and O–H groups in total. The summed E-state index contributed by atoms with van der Waals surface area (Å²) < 4.78 is 32.5. The molecule has 1 atom stereocenters. The fraction of sp³-hybridized carbons (Fsp3) is 0.231. The Hall–Kier alpha value is -1.60. The van der Waals surface area contributed by atoms with Gasteiger partial charge in [-0.3, -0.25) is 0 Å². The van der Waals surface area contributed by atoms with Crippen molar-refractivity contribution < 1.29 is 18.6 Å². The maximum absolute atomic E-state index is 13.8. The predicted molar refractivity (Wildman–Crippen MR) is 71.3 cm³/mol. The zero-order chi connectivity index (χ0) is 14.7. The van der Waals surface area contributed by atoms with Gasteiger partial charge in [0.1, 0.15) is 24.1 Å². The lowest BCUT2D eigenvalue weighted by Crippen LogP contribution is -2.08. The van der Waals surface area contributed by atoms with Crippen LogP contribution < -0.4 is 4.74 Å². The van der Waals surface area contributed by atoms with Crippen LogP contribution >= 0.6 is 15.9 Å². The molecule has 20 heavy (non-hydrogen) atoms. The standard InChI is InChI=1S/C13H11BrF2N2O2/c1-20-12-5-10(17-6-18-12)11(19)4-7-9(15)3-2-8(14)13(7)16/h2-3,5-6,11,19H,4H2,1H3. The van der Waals surface area contributed by atoms with Gasteiger partial charge in [0.05, 0.1) is 17.3 Å². The van der Waals surface area contributed by atoms with Crippen molar-refractivity contribution in [2.24, 2.45) is 0 Å². The molecule has 0 aliphatic rings. The van der Waals surface area contributed by atoms with Gasteiger partial charge < -0.3 is 9.84 Å². The number of methoxy groups -OCH3 is 1. The van der Waals surface area contributed by atoms with Crippen LogP contribution in [0.2, 0.25) is 0 Å². The lowest BCUT2D eigenvalue weighted by Gasteiger charge is -2.12. The second-order valence-electron chi connectivity index (χ2n) is 4.03. The molecular weight excluding hydrogens is 334 g/mol. The number of aromatic nitrogens is 2. The summed E-state index contributed by atoms with van der Waals surface area (Å²) in [6, 6.07) is 3.82. The van der Waals surface area contributed by atoms with E-state index < -0.39 is 17.7 Å². The summed E-state index contributed by atoms with van der Waals surface area (Å²) in [7, 11) is 1.42. The van der Waals surface area contributed by atoms with Gasteiger partial charge in [0.15, 0.2) is 0 Å². The quantitative estimate of drug-likeness (QED) is 0.866. The van der Waals surface area contributed by atoms with E-state index in [9.17, 15) is 13.9 Å². The largest absolute Gasteiger partial charge is 0.481 e. The number of hydrogen-bond acceptors (Lipinski definition) is 4. The number of ether oxygens (including phenoxy) is 1. The normalized spacial score (nSPS) is 12.2. The number of nitrogens with zero attached hydrogens (tertiary/aromatic N) is 2. The molecule has 0 saturated carbocycles. The monoisotopic (exact) mass is 344 g/mol. The van der Waals surface area contributed by atoms with E-state index >= 15 is 0 Å². The van der Waals surface area contributed by atoms with Crippen LogP contribution in [0.5, 0.6) is 5.88 Å². The van der Waals surface area contributed by atoms with E-state index in [1.54, 1.807) is 0 Å². The number of hydrogen-bond donors (Lipinski definition) is 1. The summed E-state index contributed by atoms with van der Waals surface area (Å²) in [6.45, 7) is 0. The zero-order valence-corrected chi connectivity index (χ0v) is 12.1. The van der Waals surface area contributed by atoms with E-state index in [1.807, 2.05) is 0 Å². The molecule has 0 aliphatic heterocycles. The second-order valence-corrected chi connectivity index (χ2v) is 4.88. The molecular formula is C13H11BrF2N2O2. The minimum Gasteiger partial charge on any atom is -0.481 e. The van der Waals surface area contributed by atoms with Crippen molar-refractivity contribution in [2.75, 3.05) is 7.11 Å². The van der Waals surface area contributed by atoms with E-state index in [1.165, 1.54) is 25.6 Å². The van der Waals surface area contributed by atoms with Crippen molar-refractivity contribution in [3.63, 3.8) is 0 Å². The van der Waals surface area contributed by atoms with E-state index in [0.29, 0.717) is 0 Å². The van der Waals surface area contributed by atoms with Gasteiger partial charge in [-0.1, -0.05) is 0 Å². The summed E-state index contributed by atoms with van der Waals surface area (Å²) in [5.74, 6) is -1.18. The van der Waals surface area contributed by atoms with Crippen molar-refractivity contribution in [1.29, 1.82) is 0 Å². The Morgan fingerprint density at radius 2 is 2.10 bits per heavy atom. The van der Waals surface area contributed by atoms with Crippen LogP contribution in [0, 0.1) is 11.6 Å². The molecule has 0 saturated heterocycles. The molecule has 106 valence electrons. The molecule has 2 rings (SSSR count). The van der Waals surface area contributed by atoms with Crippen molar-refractivity contribution >= 4 is 15.9 Å². The molecule has 1 heterocycles. The van der Waals surface area contributed by atoms with Crippen molar-refractivity contribution in [2.45, 2.75) is 12.5 Å². The average Bonchev–Trinajstić information content (AvgIpc) is 2.47. The van der Waals surface area contributed by atoms with Gasteiger partial charge in [0.25, 0.3) is 0 Å². The van der Waals surface area contributed by atoms with Crippen LogP contribution in [0.3, 0.4) is 0 Å². The van der Waals surface area contributed by atoms with Crippen molar-refractivity contribution in [3.8, 4) is 5.88 Å². The zero-order valence-electron chi connectivity index (χ0n) is 10.5. The molecule has 0 fully saturated rings. The van der Waals surface area contributed by atoms with Gasteiger partial charge in [-0.15, -0.1) is 0 Å². The highest BCUT2D eigenvalue weighted by atomic mass is 79.9. The van der Waals surface area contributed by atoms with Crippen molar-refractivity contribution in [3.05, 3.63) is 51.9 Å². The Kier molecular flexibility index (Phi) is 4.61. The molecule has 0 amide bonds. The third-order valence-corrected chi connectivity index (χ3v) is 3.36. The van der Waals surface area contributed by atoms with Crippen LogP contribution in [0.15, 0.2) is 29.0 Å². The van der Waals surface area contributed by atoms with Gasteiger partial charge in [0, 0.05) is 18.1 Å². The molecule has 0 spiro atoms. The highest BCUT2D eigenvalue weighted by Crippen LogP contribution is 2.26. The topological polar surface area (TPSA) is 55.2 Å². The number of benzene rings is 1. The number of aliphatic hydroxyl groups excluding tert-OH is 1. The maximum atomic E-state index is 13.8. The first-order valence-electron chi connectivity index (χ1n) is 5.69. The fourth-order valence-corrected chi connectivity index (χ4v) is 2.07. The van der Waals surface area contributed by atoms with E-state index in [0.717, 1.165) is 6.07 Å². The van der Waals surface area contributed by atoms with Crippen LogP contribution in [0.4, 0.5) is 8.78 Å². The Morgan fingerprint density at radius 1 is 1.35 bits per heavy atom. The van der Waals surface area contributed by atoms with Gasteiger partial charge in [-0.2, -0.15) is 0 Å². The molecule has 1 aromatic carbocycles. The molecule has 1 aromatic heterocycles. The van der Waals surface area contributed by atoms with Gasteiger partial charge >= 0.3 is 0 Å². The smallest absolute Gasteiger partial charge is 0.216 e. The SMILES string of the molecule is COc1cc(C(O)Cc2c(F)ccc(Br)c2F)ncn1. The Bertz CT molecular complexity index is 625. The van der Waals surface area contributed by atoms with E-state index in [-0.39, 0.29) is 28.0 Å². The summed E-state index contributed by atoms with van der Waals surface area (Å²) in [6.07, 6.45) is -0.187. The third-order valence-electron chi connectivity index (χ3n) is 2.75. The summed E-state index contributed by atoms with van der Waals surface area (Å²) >= 11 is 2.98. The molecule has 4 nitrogen and oxygen atoms in total. The number of aliphatic hydroxyl groups is 1. The first kappa shape index (κ1) is 14.8. The molecule has 0 bridgehead atoms. The van der Waals surface area contributed by atoms with Crippen LogP contribution in [0.1, 0.15) is 17.4 Å². The number of rotatable bonds is 4. The molecule has 0 aliphatic carbocycles. The Labute approximate surface area is 122 Å². The van der Waals surface area contributed by atoms with Crippen LogP contribution in [-0.2, 0) is 6.42 Å². The van der Waals surface area contributed by atoms with E-state index in [4.69, 9.17) is 4.74 Å². The summed E-state index contributed by atoms with van der Waals surface area (Å²) in [5.41, 5.74) is 0.0279. The third kappa shape index (κ3) is 3.10. The van der Waals surface area contributed by atoms with E-state index in [2.05, 4.69) is 25.9 Å². The lowest BCUT2D eigenvalue weighted by atomic mass is 10.0. The minimum absolute atomic E-state index is 0.140. The first-order chi connectivity index (χ1) is 9.52. The first-order valence-corrected chi connectivity index (χ1v) is 6.48. The highest BCUT2D eigenvalue weighted by Gasteiger charge is 2.19. The Balaban J connectivity index is 2.27.